The van der Waals surface area contributed by atoms with Gasteiger partial charge in [-0.2, -0.15) is 4.39 Å². The zero-order chi connectivity index (χ0) is 19.0. The average molecular weight is 358 g/mol. The molecule has 1 aromatic rings. The van der Waals surface area contributed by atoms with E-state index in [1.807, 2.05) is 18.8 Å². The Hall–Kier alpha value is -2.54. The van der Waals surface area contributed by atoms with Crippen molar-refractivity contribution in [3.8, 4) is 0 Å². The number of Topliss-reactive ketones (excluding diaryl/α,β-unsaturated/α-hetero) is 1. The molecule has 0 unspecified atom stereocenters. The van der Waals surface area contributed by atoms with Crippen LogP contribution < -0.4 is 11.2 Å². The number of ketones is 1. The van der Waals surface area contributed by atoms with E-state index < -0.39 is 28.1 Å². The number of hydrogen-bond acceptors (Lipinski definition) is 4. The van der Waals surface area contributed by atoms with E-state index in [1.165, 1.54) is 0 Å². The number of aromatic amines is 1. The number of hydrogen-bond donors (Lipinski definition) is 2. The molecule has 1 aromatic heterocycles. The van der Waals surface area contributed by atoms with Crippen molar-refractivity contribution in [2.45, 2.75) is 45.8 Å². The Bertz CT molecular complexity index is 1080. The number of fused-ring (bicyclic) bond motifs is 1. The first-order chi connectivity index (χ1) is 12.1. The van der Waals surface area contributed by atoms with Crippen molar-refractivity contribution in [3.63, 3.8) is 0 Å². The van der Waals surface area contributed by atoms with Crippen LogP contribution in [0.5, 0.6) is 0 Å². The third-order valence-electron chi connectivity index (χ3n) is 6.17. The highest BCUT2D eigenvalue weighted by Crippen LogP contribution is 2.64. The van der Waals surface area contributed by atoms with Crippen LogP contribution in [0.15, 0.2) is 49.7 Å². The molecule has 26 heavy (non-hydrogen) atoms. The van der Waals surface area contributed by atoms with Gasteiger partial charge in [0.2, 0.25) is 5.82 Å². The summed E-state index contributed by atoms with van der Waals surface area (Å²) in [6, 6.07) is 0. The van der Waals surface area contributed by atoms with Crippen LogP contribution in [0.1, 0.15) is 33.6 Å². The summed E-state index contributed by atoms with van der Waals surface area (Å²) >= 11 is 0. The molecule has 1 heterocycles. The molecule has 3 aliphatic rings. The number of allylic oxidation sites excluding steroid dienone is 4. The number of aliphatic hydroxyl groups is 1. The molecular formula is C19H19FN2O4. The van der Waals surface area contributed by atoms with Gasteiger partial charge in [0.15, 0.2) is 5.78 Å². The zero-order valence-corrected chi connectivity index (χ0v) is 14.8. The normalized spacial score (nSPS) is 26.5. The van der Waals surface area contributed by atoms with Gasteiger partial charge in [-0.15, -0.1) is 0 Å². The maximum absolute atomic E-state index is 13.6. The molecule has 1 saturated carbocycles. The van der Waals surface area contributed by atoms with Crippen LogP contribution in [0.2, 0.25) is 0 Å². The lowest BCUT2D eigenvalue weighted by Crippen LogP contribution is -2.49. The van der Waals surface area contributed by atoms with Crippen LogP contribution in [0.25, 0.3) is 0 Å². The summed E-state index contributed by atoms with van der Waals surface area (Å²) in [6.45, 7) is 5.33. The summed E-state index contributed by atoms with van der Waals surface area (Å²) in [6.07, 6.45) is 4.05. The highest BCUT2D eigenvalue weighted by atomic mass is 19.1. The molecule has 2 N–H and O–H groups in total. The van der Waals surface area contributed by atoms with Gasteiger partial charge in [0.25, 0.3) is 5.56 Å². The molecule has 1 fully saturated rings. The Balaban J connectivity index is 1.85. The smallest absolute Gasteiger partial charge is 0.328 e. The van der Waals surface area contributed by atoms with Crippen molar-refractivity contribution < 1.29 is 14.3 Å². The second-order valence-corrected chi connectivity index (χ2v) is 7.57. The van der Waals surface area contributed by atoms with Crippen molar-refractivity contribution in [1.82, 2.24) is 9.55 Å². The van der Waals surface area contributed by atoms with E-state index in [9.17, 15) is 23.9 Å². The molecule has 4 rings (SSSR count). The number of H-pyrrole nitrogens is 1. The van der Waals surface area contributed by atoms with Gasteiger partial charge in [0, 0.05) is 11.0 Å². The van der Waals surface area contributed by atoms with Crippen LogP contribution in [0.3, 0.4) is 0 Å². The molecule has 7 heteroatoms. The molecule has 3 aliphatic carbocycles. The van der Waals surface area contributed by atoms with Crippen LogP contribution in [-0.2, 0) is 11.3 Å². The van der Waals surface area contributed by atoms with Crippen molar-refractivity contribution in [1.29, 1.82) is 0 Å². The van der Waals surface area contributed by atoms with Crippen molar-refractivity contribution in [2.75, 3.05) is 0 Å². The SMILES string of the molecule is CC1=C(Cn2cc(F)c(=O)[nH]c2=O)C2=C(C)C3(CC3)[C@@](C)(O)C(=O)C2=C1. The third-order valence-corrected chi connectivity index (χ3v) is 6.17. The molecule has 0 aliphatic heterocycles. The second kappa shape index (κ2) is 5.01. The quantitative estimate of drug-likeness (QED) is 0.835. The summed E-state index contributed by atoms with van der Waals surface area (Å²) < 4.78 is 14.7. The van der Waals surface area contributed by atoms with E-state index in [0.29, 0.717) is 5.57 Å². The lowest BCUT2D eigenvalue weighted by Gasteiger charge is -2.39. The van der Waals surface area contributed by atoms with E-state index in [1.54, 1.807) is 13.0 Å². The van der Waals surface area contributed by atoms with E-state index >= 15 is 0 Å². The highest BCUT2D eigenvalue weighted by Gasteiger charge is 2.65. The van der Waals surface area contributed by atoms with Crippen molar-refractivity contribution in [2.24, 2.45) is 5.41 Å². The molecule has 0 radical (unpaired) electrons. The topological polar surface area (TPSA) is 92.2 Å². The molecular weight excluding hydrogens is 339 g/mol. The average Bonchev–Trinajstić information content (AvgIpc) is 3.32. The van der Waals surface area contributed by atoms with Gasteiger partial charge in [-0.25, -0.2) is 4.79 Å². The largest absolute Gasteiger partial charge is 0.381 e. The molecule has 6 nitrogen and oxygen atoms in total. The minimum Gasteiger partial charge on any atom is -0.381 e. The Morgan fingerprint density at radius 1 is 1.27 bits per heavy atom. The van der Waals surface area contributed by atoms with E-state index in [-0.39, 0.29) is 12.3 Å². The molecule has 0 aromatic carbocycles. The van der Waals surface area contributed by atoms with E-state index in [0.717, 1.165) is 45.9 Å². The van der Waals surface area contributed by atoms with Gasteiger partial charge in [-0.1, -0.05) is 5.57 Å². The minimum atomic E-state index is -1.44. The summed E-state index contributed by atoms with van der Waals surface area (Å²) in [5.41, 5.74) is -0.131. The second-order valence-electron chi connectivity index (χ2n) is 7.57. The summed E-state index contributed by atoms with van der Waals surface area (Å²) in [4.78, 5) is 38.1. The lowest BCUT2D eigenvalue weighted by molar-refractivity contribution is -0.137. The molecule has 0 bridgehead atoms. The number of carbonyl (C=O) groups excluding carboxylic acids is 1. The fourth-order valence-electron chi connectivity index (χ4n) is 4.39. The molecule has 0 saturated heterocycles. The van der Waals surface area contributed by atoms with Gasteiger partial charge >= 0.3 is 5.69 Å². The van der Waals surface area contributed by atoms with E-state index in [4.69, 9.17) is 0 Å². The predicted octanol–water partition coefficient (Wildman–Crippen LogP) is 1.36. The van der Waals surface area contributed by atoms with Gasteiger partial charge in [0.1, 0.15) is 5.60 Å². The maximum Gasteiger partial charge on any atom is 0.328 e. The molecule has 136 valence electrons. The lowest BCUT2D eigenvalue weighted by atomic mass is 9.67. The van der Waals surface area contributed by atoms with Gasteiger partial charge < -0.3 is 5.11 Å². The summed E-state index contributed by atoms with van der Waals surface area (Å²) in [5.74, 6) is -1.36. The van der Waals surface area contributed by atoms with Gasteiger partial charge in [0.05, 0.1) is 12.7 Å². The third kappa shape index (κ3) is 1.97. The zero-order valence-electron chi connectivity index (χ0n) is 14.8. The molecule has 1 spiro atoms. The highest BCUT2D eigenvalue weighted by molar-refractivity contribution is 6.10. The summed E-state index contributed by atoms with van der Waals surface area (Å²) in [5, 5.41) is 10.8. The Morgan fingerprint density at radius 2 is 1.92 bits per heavy atom. The number of nitrogens with zero attached hydrogens (tertiary/aromatic N) is 1. The maximum atomic E-state index is 13.6. The fourth-order valence-corrected chi connectivity index (χ4v) is 4.39. The Labute approximate surface area is 148 Å². The predicted molar refractivity (Wildman–Crippen MR) is 92.1 cm³/mol. The van der Waals surface area contributed by atoms with Crippen molar-refractivity contribution in [3.05, 3.63) is 66.8 Å². The van der Waals surface area contributed by atoms with Crippen LogP contribution >= 0.6 is 0 Å². The monoisotopic (exact) mass is 358 g/mol. The standard InChI is InChI=1S/C19H19FN2O4/c1-9-6-11-14(10(2)19(4-5-19)18(3,26)15(11)23)12(9)7-22-8-13(20)16(24)21-17(22)25/h6,8,26H,4-5,7H2,1-3H3,(H,21,24,25)/t18-/m0/s1. The first-order valence-electron chi connectivity index (χ1n) is 8.50. The van der Waals surface area contributed by atoms with E-state index in [2.05, 4.69) is 0 Å². The Kier molecular flexibility index (Phi) is 3.25. The summed E-state index contributed by atoms with van der Waals surface area (Å²) in [7, 11) is 0. The van der Waals surface area contributed by atoms with Crippen LogP contribution in [0.4, 0.5) is 4.39 Å². The number of halogens is 1. The van der Waals surface area contributed by atoms with Crippen LogP contribution in [-0.4, -0.2) is 26.0 Å². The fraction of sp³-hybridized carbons (Fsp3) is 0.421. The minimum absolute atomic E-state index is 0.0382. The number of carbonyl (C=O) groups is 1. The first kappa shape index (κ1) is 16.9. The van der Waals surface area contributed by atoms with Crippen LogP contribution in [0, 0.1) is 11.2 Å². The first-order valence-corrected chi connectivity index (χ1v) is 8.50. The van der Waals surface area contributed by atoms with Gasteiger partial charge in [-0.05, 0) is 56.4 Å². The van der Waals surface area contributed by atoms with Gasteiger partial charge in [-0.3, -0.25) is 19.1 Å². The van der Waals surface area contributed by atoms with Crippen molar-refractivity contribution >= 4 is 5.78 Å². The molecule has 0 amide bonds. The number of nitrogens with one attached hydrogen (secondary N) is 1. The number of rotatable bonds is 2. The number of aromatic nitrogens is 2. The molecule has 1 atom stereocenters. The Morgan fingerprint density at radius 3 is 2.54 bits per heavy atom.